The van der Waals surface area contributed by atoms with Crippen LogP contribution >= 0.6 is 0 Å². The fourth-order valence-corrected chi connectivity index (χ4v) is 3.76. The number of hydrogen-bond donors (Lipinski definition) is 0. The second-order valence-electron chi connectivity index (χ2n) is 6.89. The third-order valence-corrected chi connectivity index (χ3v) is 5.19. The lowest BCUT2D eigenvalue weighted by atomic mass is 9.80. The van der Waals surface area contributed by atoms with Crippen LogP contribution in [0, 0.1) is 17.8 Å². The van der Waals surface area contributed by atoms with E-state index >= 15 is 0 Å². The molecule has 0 bridgehead atoms. The maximum absolute atomic E-state index is 6.17. The largest absolute Gasteiger partial charge is 0.378 e. The predicted molar refractivity (Wildman–Crippen MR) is 77.7 cm³/mol. The fourth-order valence-electron chi connectivity index (χ4n) is 3.76. The first-order valence-electron chi connectivity index (χ1n) is 8.39. The van der Waals surface area contributed by atoms with Crippen LogP contribution in [0.3, 0.4) is 0 Å². The average Bonchev–Trinajstić information content (AvgIpc) is 2.40. The molecular weight excluding hydrogens is 220 g/mol. The number of hydrogen-bond acceptors (Lipinski definition) is 1. The van der Waals surface area contributed by atoms with E-state index in [1.165, 1.54) is 64.2 Å². The molecule has 2 fully saturated rings. The van der Waals surface area contributed by atoms with Gasteiger partial charge >= 0.3 is 0 Å². The van der Waals surface area contributed by atoms with Crippen molar-refractivity contribution < 1.29 is 4.74 Å². The summed E-state index contributed by atoms with van der Waals surface area (Å²) < 4.78 is 6.17. The van der Waals surface area contributed by atoms with Crippen LogP contribution in [-0.2, 0) is 4.74 Å². The van der Waals surface area contributed by atoms with Gasteiger partial charge in [-0.1, -0.05) is 39.5 Å². The molecule has 0 aromatic heterocycles. The Hall–Kier alpha value is -0.0400. The van der Waals surface area contributed by atoms with Crippen LogP contribution in [0.2, 0.25) is 0 Å². The van der Waals surface area contributed by atoms with Crippen molar-refractivity contribution in [2.45, 2.75) is 84.2 Å². The molecule has 18 heavy (non-hydrogen) atoms. The Morgan fingerprint density at radius 1 is 0.833 bits per heavy atom. The first kappa shape index (κ1) is 14.4. The summed E-state index contributed by atoms with van der Waals surface area (Å²) in [5.41, 5.74) is 0. The zero-order valence-corrected chi connectivity index (χ0v) is 12.5. The van der Waals surface area contributed by atoms with E-state index in [1.54, 1.807) is 0 Å². The summed E-state index contributed by atoms with van der Waals surface area (Å²) in [6.07, 6.45) is 14.6. The Morgan fingerprint density at radius 3 is 2.06 bits per heavy atom. The fraction of sp³-hybridized carbons (Fsp3) is 1.00. The molecule has 2 saturated carbocycles. The molecule has 0 radical (unpaired) electrons. The quantitative estimate of drug-likeness (QED) is 0.654. The standard InChI is InChI=1S/C17H32O/c1-3-4-15-7-9-16(10-8-15)13-18-17-11-5-14(2)6-12-17/h14-17H,3-13H2,1-2H3. The number of rotatable bonds is 5. The van der Waals surface area contributed by atoms with E-state index < -0.39 is 0 Å². The summed E-state index contributed by atoms with van der Waals surface area (Å²) in [5.74, 6) is 2.84. The zero-order chi connectivity index (χ0) is 12.8. The van der Waals surface area contributed by atoms with Crippen molar-refractivity contribution >= 4 is 0 Å². The van der Waals surface area contributed by atoms with E-state index in [-0.39, 0.29) is 0 Å². The second-order valence-corrected chi connectivity index (χ2v) is 6.89. The van der Waals surface area contributed by atoms with Crippen LogP contribution in [0.1, 0.15) is 78.1 Å². The second kappa shape index (κ2) is 7.53. The maximum Gasteiger partial charge on any atom is 0.0575 e. The molecule has 1 nitrogen and oxygen atoms in total. The molecule has 0 saturated heterocycles. The van der Waals surface area contributed by atoms with Crippen LogP contribution in [0.15, 0.2) is 0 Å². The van der Waals surface area contributed by atoms with Gasteiger partial charge in [0.15, 0.2) is 0 Å². The molecule has 0 heterocycles. The molecule has 2 aliphatic rings. The van der Waals surface area contributed by atoms with Crippen LogP contribution in [0.25, 0.3) is 0 Å². The molecule has 0 aromatic carbocycles. The number of ether oxygens (including phenoxy) is 1. The highest BCUT2D eigenvalue weighted by atomic mass is 16.5. The Morgan fingerprint density at radius 2 is 1.44 bits per heavy atom. The van der Waals surface area contributed by atoms with Gasteiger partial charge in [-0.2, -0.15) is 0 Å². The van der Waals surface area contributed by atoms with Crippen molar-refractivity contribution in [1.29, 1.82) is 0 Å². The van der Waals surface area contributed by atoms with Gasteiger partial charge in [-0.05, 0) is 56.3 Å². The van der Waals surface area contributed by atoms with Gasteiger partial charge < -0.3 is 4.74 Å². The monoisotopic (exact) mass is 252 g/mol. The molecule has 0 atom stereocenters. The first-order chi connectivity index (χ1) is 8.78. The minimum absolute atomic E-state index is 0.592. The van der Waals surface area contributed by atoms with Crippen molar-refractivity contribution in [3.05, 3.63) is 0 Å². The molecule has 0 spiro atoms. The lowest BCUT2D eigenvalue weighted by molar-refractivity contribution is -0.00837. The summed E-state index contributed by atoms with van der Waals surface area (Å²) in [4.78, 5) is 0. The molecule has 0 aromatic rings. The molecule has 1 heteroatoms. The van der Waals surface area contributed by atoms with Crippen molar-refractivity contribution in [2.75, 3.05) is 6.61 Å². The Bertz CT molecular complexity index is 210. The highest BCUT2D eigenvalue weighted by molar-refractivity contribution is 4.74. The summed E-state index contributed by atoms with van der Waals surface area (Å²) in [6.45, 7) is 5.75. The topological polar surface area (TPSA) is 9.23 Å². The van der Waals surface area contributed by atoms with Gasteiger partial charge in [-0.25, -0.2) is 0 Å². The summed E-state index contributed by atoms with van der Waals surface area (Å²) in [5, 5.41) is 0. The van der Waals surface area contributed by atoms with E-state index in [0.717, 1.165) is 24.4 Å². The van der Waals surface area contributed by atoms with Gasteiger partial charge in [0.2, 0.25) is 0 Å². The smallest absolute Gasteiger partial charge is 0.0575 e. The van der Waals surface area contributed by atoms with Crippen LogP contribution in [-0.4, -0.2) is 12.7 Å². The third-order valence-electron chi connectivity index (χ3n) is 5.19. The minimum atomic E-state index is 0.592. The van der Waals surface area contributed by atoms with Gasteiger partial charge in [-0.3, -0.25) is 0 Å². The van der Waals surface area contributed by atoms with E-state index in [2.05, 4.69) is 13.8 Å². The van der Waals surface area contributed by atoms with Gasteiger partial charge in [-0.15, -0.1) is 0 Å². The van der Waals surface area contributed by atoms with Crippen molar-refractivity contribution in [3.63, 3.8) is 0 Å². The van der Waals surface area contributed by atoms with Gasteiger partial charge in [0.05, 0.1) is 6.10 Å². The van der Waals surface area contributed by atoms with E-state index in [9.17, 15) is 0 Å². The lowest BCUT2D eigenvalue weighted by Crippen LogP contribution is -2.25. The van der Waals surface area contributed by atoms with Crippen LogP contribution < -0.4 is 0 Å². The van der Waals surface area contributed by atoms with Crippen molar-refractivity contribution in [3.8, 4) is 0 Å². The van der Waals surface area contributed by atoms with Crippen LogP contribution in [0.4, 0.5) is 0 Å². The summed E-state index contributed by atoms with van der Waals surface area (Å²) in [7, 11) is 0. The summed E-state index contributed by atoms with van der Waals surface area (Å²) in [6, 6.07) is 0. The Kier molecular flexibility index (Phi) is 6.01. The first-order valence-corrected chi connectivity index (χ1v) is 8.39. The average molecular weight is 252 g/mol. The zero-order valence-electron chi connectivity index (χ0n) is 12.5. The highest BCUT2D eigenvalue weighted by Crippen LogP contribution is 2.33. The molecule has 106 valence electrons. The Labute approximate surface area is 114 Å². The van der Waals surface area contributed by atoms with Gasteiger partial charge in [0.1, 0.15) is 0 Å². The Balaban J connectivity index is 1.57. The van der Waals surface area contributed by atoms with Crippen molar-refractivity contribution in [1.82, 2.24) is 0 Å². The van der Waals surface area contributed by atoms with E-state index in [1.807, 2.05) is 0 Å². The molecule has 2 rings (SSSR count). The van der Waals surface area contributed by atoms with Gasteiger partial charge in [0.25, 0.3) is 0 Å². The molecule has 0 unspecified atom stereocenters. The third kappa shape index (κ3) is 4.57. The van der Waals surface area contributed by atoms with E-state index in [4.69, 9.17) is 4.74 Å². The molecule has 0 N–H and O–H groups in total. The minimum Gasteiger partial charge on any atom is -0.378 e. The van der Waals surface area contributed by atoms with Crippen LogP contribution in [0.5, 0.6) is 0 Å². The molecule has 2 aliphatic carbocycles. The SMILES string of the molecule is CCCC1CCC(COC2CCC(C)CC2)CC1. The van der Waals surface area contributed by atoms with Gasteiger partial charge in [0, 0.05) is 6.61 Å². The molecule has 0 amide bonds. The predicted octanol–water partition coefficient (Wildman–Crippen LogP) is 5.19. The normalized spacial score (nSPS) is 37.7. The molecule has 0 aliphatic heterocycles. The highest BCUT2D eigenvalue weighted by Gasteiger charge is 2.23. The maximum atomic E-state index is 6.17. The molecular formula is C17H32O. The van der Waals surface area contributed by atoms with E-state index in [0.29, 0.717) is 6.10 Å². The van der Waals surface area contributed by atoms with Crippen molar-refractivity contribution in [2.24, 2.45) is 17.8 Å². The summed E-state index contributed by atoms with van der Waals surface area (Å²) >= 11 is 0. The lowest BCUT2D eigenvalue weighted by Gasteiger charge is -2.31.